The second-order valence-corrected chi connectivity index (χ2v) is 11.1. The van der Waals surface area contributed by atoms with Crippen LogP contribution in [-0.2, 0) is 30.4 Å². The third kappa shape index (κ3) is 6.29. The highest BCUT2D eigenvalue weighted by atomic mass is 32.1. The lowest BCUT2D eigenvalue weighted by atomic mass is 9.80. The molecular weight excluding hydrogens is 522 g/mol. The van der Waals surface area contributed by atoms with Crippen LogP contribution in [0.2, 0.25) is 0 Å². The molecule has 2 saturated heterocycles. The van der Waals surface area contributed by atoms with E-state index in [2.05, 4.69) is 20.9 Å². The highest BCUT2D eigenvalue weighted by Crippen LogP contribution is 2.30. The van der Waals surface area contributed by atoms with Gasteiger partial charge < -0.3 is 25.4 Å². The maximum Gasteiger partial charge on any atom is 0.304 e. The molecule has 3 N–H and O–H groups in total. The number of nitrogens with one attached hydrogen (secondary N) is 3. The smallest absolute Gasteiger partial charge is 0.304 e. The van der Waals surface area contributed by atoms with Gasteiger partial charge in [0.05, 0.1) is 25.5 Å². The number of hydrogen-bond acceptors (Lipinski definition) is 9. The molecule has 2 atom stereocenters. The number of benzene rings is 1. The van der Waals surface area contributed by atoms with E-state index in [0.717, 1.165) is 68.4 Å². The number of ether oxygens (including phenoxy) is 2. The van der Waals surface area contributed by atoms with Gasteiger partial charge in [-0.2, -0.15) is 0 Å². The lowest BCUT2D eigenvalue weighted by molar-refractivity contribution is -0.165. The van der Waals surface area contributed by atoms with Crippen molar-refractivity contribution in [3.05, 3.63) is 40.2 Å². The van der Waals surface area contributed by atoms with Crippen molar-refractivity contribution in [2.45, 2.75) is 63.4 Å². The van der Waals surface area contributed by atoms with Gasteiger partial charge in [0.2, 0.25) is 12.1 Å². The predicted octanol–water partition coefficient (Wildman–Crippen LogP) is 1.58. The van der Waals surface area contributed by atoms with E-state index < -0.39 is 35.6 Å². The van der Waals surface area contributed by atoms with Crippen molar-refractivity contribution in [1.29, 1.82) is 0 Å². The molecule has 39 heavy (non-hydrogen) atoms. The van der Waals surface area contributed by atoms with Crippen LogP contribution in [0.25, 0.3) is 11.3 Å². The number of aromatic nitrogens is 1. The van der Waals surface area contributed by atoms with Gasteiger partial charge in [-0.15, -0.1) is 11.3 Å². The fraction of sp³-hybridized carbons (Fsp3) is 0.519. The van der Waals surface area contributed by atoms with Gasteiger partial charge in [0.15, 0.2) is 6.04 Å². The molecule has 3 amide bonds. The zero-order valence-corrected chi connectivity index (χ0v) is 22.7. The van der Waals surface area contributed by atoms with Gasteiger partial charge in [0.1, 0.15) is 10.5 Å². The van der Waals surface area contributed by atoms with Crippen molar-refractivity contribution < 1.29 is 28.7 Å². The first-order chi connectivity index (χ1) is 18.8. The largest absolute Gasteiger partial charge is 0.439 e. The van der Waals surface area contributed by atoms with Gasteiger partial charge in [0, 0.05) is 36.5 Å². The van der Waals surface area contributed by atoms with Crippen LogP contribution in [0, 0.1) is 0 Å². The topological polar surface area (TPSA) is 139 Å². The molecule has 0 radical (unpaired) electrons. The van der Waals surface area contributed by atoms with Crippen LogP contribution in [0.3, 0.4) is 0 Å². The summed E-state index contributed by atoms with van der Waals surface area (Å²) < 4.78 is 10.5. The summed E-state index contributed by atoms with van der Waals surface area (Å²) in [6.07, 6.45) is 2.50. The van der Waals surface area contributed by atoms with Crippen LogP contribution < -0.4 is 16.0 Å². The minimum Gasteiger partial charge on any atom is -0.439 e. The second kappa shape index (κ2) is 11.8. The van der Waals surface area contributed by atoms with Crippen molar-refractivity contribution >= 4 is 35.0 Å². The molecule has 208 valence electrons. The van der Waals surface area contributed by atoms with Gasteiger partial charge in [-0.1, -0.05) is 31.4 Å². The van der Waals surface area contributed by atoms with Crippen molar-refractivity contribution in [1.82, 2.24) is 25.8 Å². The monoisotopic (exact) mass is 555 g/mol. The van der Waals surface area contributed by atoms with Gasteiger partial charge in [-0.05, 0) is 25.0 Å². The van der Waals surface area contributed by atoms with Crippen LogP contribution in [0.5, 0.6) is 0 Å². The number of hydrogen-bond donors (Lipinski definition) is 3. The minimum absolute atomic E-state index is 0.362. The molecule has 2 unspecified atom stereocenters. The Morgan fingerprint density at radius 1 is 1.15 bits per heavy atom. The number of rotatable bonds is 8. The number of esters is 1. The molecule has 1 aliphatic carbocycles. The van der Waals surface area contributed by atoms with E-state index >= 15 is 0 Å². The summed E-state index contributed by atoms with van der Waals surface area (Å²) in [7, 11) is 0. The van der Waals surface area contributed by atoms with E-state index in [1.54, 1.807) is 23.5 Å². The Kier molecular flexibility index (Phi) is 8.24. The summed E-state index contributed by atoms with van der Waals surface area (Å²) in [6.45, 7) is 5.32. The molecule has 1 aromatic carbocycles. The number of carbonyl (C=O) groups excluding carboxylic acids is 4. The summed E-state index contributed by atoms with van der Waals surface area (Å²) in [5.41, 5.74) is 1.06. The molecule has 2 aliphatic heterocycles. The number of nitrogens with zero attached hydrogens (tertiary/aromatic N) is 2. The molecule has 1 saturated carbocycles. The normalized spacial score (nSPS) is 22.7. The summed E-state index contributed by atoms with van der Waals surface area (Å²) in [6, 6.07) is 6.20. The van der Waals surface area contributed by atoms with E-state index in [1.165, 1.54) is 6.92 Å². The fourth-order valence-electron chi connectivity index (χ4n) is 5.16. The van der Waals surface area contributed by atoms with E-state index in [-0.39, 0.29) is 5.91 Å². The van der Waals surface area contributed by atoms with Crippen molar-refractivity contribution in [3.8, 4) is 11.3 Å². The van der Waals surface area contributed by atoms with Crippen LogP contribution in [0.15, 0.2) is 29.6 Å². The van der Waals surface area contributed by atoms with Gasteiger partial charge >= 0.3 is 5.97 Å². The fourth-order valence-corrected chi connectivity index (χ4v) is 6.01. The Morgan fingerprint density at radius 3 is 2.54 bits per heavy atom. The molecule has 0 spiro atoms. The Hall–Kier alpha value is -3.35. The van der Waals surface area contributed by atoms with Crippen LogP contribution in [0.4, 0.5) is 0 Å². The minimum atomic E-state index is -1.14. The van der Waals surface area contributed by atoms with Gasteiger partial charge in [-0.25, -0.2) is 4.98 Å². The zero-order chi connectivity index (χ0) is 27.4. The average Bonchev–Trinajstić information content (AvgIpc) is 3.40. The lowest BCUT2D eigenvalue weighted by Crippen LogP contribution is -2.73. The van der Waals surface area contributed by atoms with E-state index in [9.17, 15) is 19.2 Å². The number of carbonyl (C=O) groups is 4. The molecule has 3 fully saturated rings. The van der Waals surface area contributed by atoms with Crippen molar-refractivity contribution in [2.24, 2.45) is 0 Å². The SMILES string of the molecule is CC(=O)OC1NC(=O)C1NC(=O)C1(NC(=O)c2ccc(-c3csc(CN4CCOCC4)n3)cc2)CCCCC1. The summed E-state index contributed by atoms with van der Waals surface area (Å²) in [5.74, 6) is -1.80. The first kappa shape index (κ1) is 27.2. The molecule has 3 aliphatic rings. The van der Waals surface area contributed by atoms with Gasteiger partial charge in [-0.3, -0.25) is 24.1 Å². The predicted molar refractivity (Wildman–Crippen MR) is 143 cm³/mol. The number of amides is 3. The first-order valence-electron chi connectivity index (χ1n) is 13.3. The number of β-lactam (4-membered cyclic amide) rings is 1. The molecule has 0 bridgehead atoms. The molecule has 3 heterocycles. The Labute approximate surface area is 230 Å². The van der Waals surface area contributed by atoms with Crippen LogP contribution in [0.1, 0.15) is 54.4 Å². The zero-order valence-electron chi connectivity index (χ0n) is 21.9. The maximum absolute atomic E-state index is 13.4. The summed E-state index contributed by atoms with van der Waals surface area (Å²) >= 11 is 1.62. The van der Waals surface area contributed by atoms with E-state index in [4.69, 9.17) is 14.5 Å². The summed E-state index contributed by atoms with van der Waals surface area (Å²) in [4.78, 5) is 57.1. The molecule has 1 aromatic heterocycles. The first-order valence-corrected chi connectivity index (χ1v) is 14.2. The molecule has 12 heteroatoms. The summed E-state index contributed by atoms with van der Waals surface area (Å²) in [5, 5.41) is 11.2. The molecular formula is C27H33N5O6S. The Bertz CT molecular complexity index is 1220. The Balaban J connectivity index is 1.23. The standard InChI is InChI=1S/C27H33N5O6S/c1-17(33)38-25-22(24(35)30-25)29-26(36)27(9-3-2-4-10-27)31-23(34)19-7-5-18(6-8-19)20-16-39-21(28-20)15-32-11-13-37-14-12-32/h5-8,16,22,25H,2-4,9-15H2,1H3,(H,29,36)(H,30,35)(H,31,34). The number of morpholine rings is 1. The van der Waals surface area contributed by atoms with E-state index in [0.29, 0.717) is 18.4 Å². The second-order valence-electron chi connectivity index (χ2n) is 10.2. The third-order valence-electron chi connectivity index (χ3n) is 7.40. The number of thiazole rings is 1. The molecule has 5 rings (SSSR count). The Morgan fingerprint density at radius 2 is 1.87 bits per heavy atom. The molecule has 11 nitrogen and oxygen atoms in total. The van der Waals surface area contributed by atoms with E-state index in [1.807, 2.05) is 17.5 Å². The average molecular weight is 556 g/mol. The van der Waals surface area contributed by atoms with Crippen LogP contribution >= 0.6 is 11.3 Å². The highest BCUT2D eigenvalue weighted by molar-refractivity contribution is 7.09. The van der Waals surface area contributed by atoms with Crippen molar-refractivity contribution in [2.75, 3.05) is 26.3 Å². The molecule has 2 aromatic rings. The lowest BCUT2D eigenvalue weighted by Gasteiger charge is -2.41. The highest BCUT2D eigenvalue weighted by Gasteiger charge is 2.48. The quantitative estimate of drug-likeness (QED) is 0.330. The van der Waals surface area contributed by atoms with Crippen LogP contribution in [-0.4, -0.2) is 77.7 Å². The third-order valence-corrected chi connectivity index (χ3v) is 8.23. The van der Waals surface area contributed by atoms with Crippen molar-refractivity contribution in [3.63, 3.8) is 0 Å². The maximum atomic E-state index is 13.4. The van der Waals surface area contributed by atoms with Gasteiger partial charge in [0.25, 0.3) is 11.8 Å².